The molecule has 0 aliphatic carbocycles. The van der Waals surface area contributed by atoms with Gasteiger partial charge in [0.25, 0.3) is 0 Å². The van der Waals surface area contributed by atoms with Gasteiger partial charge in [0.1, 0.15) is 4.90 Å². The molecule has 4 heterocycles. The van der Waals surface area contributed by atoms with E-state index in [4.69, 9.17) is 11.6 Å². The van der Waals surface area contributed by atoms with Gasteiger partial charge in [-0.25, -0.2) is 8.42 Å². The van der Waals surface area contributed by atoms with Crippen molar-refractivity contribution in [2.75, 3.05) is 52.9 Å². The molecule has 2 saturated heterocycles. The first-order valence-electron chi connectivity index (χ1n) is 12.9. The average molecular weight is 534 g/mol. The molecule has 0 N–H and O–H groups in total. The number of carbonyl (C=O) groups excluding carboxylic acids is 1. The Hall–Kier alpha value is -1.91. The summed E-state index contributed by atoms with van der Waals surface area (Å²) in [4.78, 5) is 20.5. The zero-order valence-electron chi connectivity index (χ0n) is 21.1. The van der Waals surface area contributed by atoms with Crippen molar-refractivity contribution in [1.82, 2.24) is 23.6 Å². The molecule has 1 aromatic heterocycles. The van der Waals surface area contributed by atoms with Gasteiger partial charge in [-0.05, 0) is 50.6 Å². The first kappa shape index (κ1) is 25.7. The van der Waals surface area contributed by atoms with Crippen LogP contribution in [0.25, 0.3) is 0 Å². The predicted molar refractivity (Wildman–Crippen MR) is 141 cm³/mol. The second kappa shape index (κ2) is 10.5. The van der Waals surface area contributed by atoms with Crippen molar-refractivity contribution in [2.45, 2.75) is 49.7 Å². The molecule has 1 aromatic carbocycles. The Morgan fingerprint density at radius 3 is 2.39 bits per heavy atom. The van der Waals surface area contributed by atoms with E-state index in [1.807, 2.05) is 23.2 Å². The largest absolute Gasteiger partial charge is 0.349 e. The fraction of sp³-hybridized carbons (Fsp3) is 0.577. The number of piperazine rings is 1. The van der Waals surface area contributed by atoms with Gasteiger partial charge in [0, 0.05) is 76.7 Å². The normalized spacial score (nSPS) is 23.1. The van der Waals surface area contributed by atoms with Crippen molar-refractivity contribution < 1.29 is 13.2 Å². The summed E-state index contributed by atoms with van der Waals surface area (Å²) in [6.07, 6.45) is 4.03. The summed E-state index contributed by atoms with van der Waals surface area (Å²) in [7, 11) is -1.73. The Kier molecular flexibility index (Phi) is 7.47. The highest BCUT2D eigenvalue weighted by molar-refractivity contribution is 7.89. The quantitative estimate of drug-likeness (QED) is 0.591. The number of amides is 1. The maximum absolute atomic E-state index is 13.9. The number of hydrogen-bond donors (Lipinski definition) is 0. The smallest absolute Gasteiger partial charge is 0.245 e. The highest BCUT2D eigenvalue weighted by atomic mass is 35.5. The molecule has 196 valence electrons. The molecule has 3 aliphatic rings. The van der Waals surface area contributed by atoms with Crippen LogP contribution >= 0.6 is 11.6 Å². The van der Waals surface area contributed by atoms with Crippen LogP contribution < -0.4 is 0 Å². The van der Waals surface area contributed by atoms with Crippen LogP contribution in [0.2, 0.25) is 5.02 Å². The number of aromatic nitrogens is 1. The summed E-state index contributed by atoms with van der Waals surface area (Å²) in [5, 5.41) is 0.215. The summed E-state index contributed by atoms with van der Waals surface area (Å²) >= 11 is 6.38. The Morgan fingerprint density at radius 2 is 1.69 bits per heavy atom. The fourth-order valence-corrected chi connectivity index (χ4v) is 8.34. The Bertz CT molecular complexity index is 1180. The third kappa shape index (κ3) is 4.96. The highest BCUT2D eigenvalue weighted by Crippen LogP contribution is 2.37. The van der Waals surface area contributed by atoms with Crippen molar-refractivity contribution in [1.29, 1.82) is 0 Å². The molecule has 1 unspecified atom stereocenters. The molecule has 1 atom stereocenters. The second-order valence-electron chi connectivity index (χ2n) is 10.3. The van der Waals surface area contributed by atoms with Crippen molar-refractivity contribution in [3.05, 3.63) is 52.8 Å². The van der Waals surface area contributed by atoms with E-state index in [1.165, 1.54) is 4.31 Å². The monoisotopic (exact) mass is 533 g/mol. The van der Waals surface area contributed by atoms with Crippen molar-refractivity contribution in [3.8, 4) is 0 Å². The number of aryl methyl sites for hydroxylation is 1. The molecular formula is C26H36ClN5O3S. The van der Waals surface area contributed by atoms with Gasteiger partial charge in [-0.2, -0.15) is 4.31 Å². The first-order chi connectivity index (χ1) is 17.3. The molecule has 0 radical (unpaired) electrons. The predicted octanol–water partition coefficient (Wildman–Crippen LogP) is 2.82. The zero-order valence-corrected chi connectivity index (χ0v) is 22.7. The standard InChI is InChI=1S/C26H36ClN5O3S/c1-20-5-3-6-22(27)26(20)36(34,35)32-18-17-30-10-4-7-23(30)24(32)19-25(33)31-11-8-21(9-12-31)29-15-13-28(2)14-16-29/h3-7,10,21,24H,8-9,11-19H2,1-2H3. The summed E-state index contributed by atoms with van der Waals surface area (Å²) in [6, 6.07) is 8.94. The lowest BCUT2D eigenvalue weighted by Crippen LogP contribution is -2.53. The van der Waals surface area contributed by atoms with Crippen molar-refractivity contribution in [3.63, 3.8) is 0 Å². The Labute approximate surface area is 219 Å². The molecule has 2 aromatic rings. The third-order valence-electron chi connectivity index (χ3n) is 8.08. The number of sulfonamides is 1. The van der Waals surface area contributed by atoms with Crippen LogP contribution in [0, 0.1) is 6.92 Å². The molecule has 0 bridgehead atoms. The topological polar surface area (TPSA) is 69.1 Å². The van der Waals surface area contributed by atoms with Gasteiger partial charge in [0.05, 0.1) is 11.1 Å². The maximum Gasteiger partial charge on any atom is 0.245 e. The van der Waals surface area contributed by atoms with Crippen LogP contribution in [0.1, 0.15) is 36.6 Å². The van der Waals surface area contributed by atoms with Gasteiger partial charge >= 0.3 is 0 Å². The molecule has 36 heavy (non-hydrogen) atoms. The summed E-state index contributed by atoms with van der Waals surface area (Å²) in [5.41, 5.74) is 1.47. The Balaban J connectivity index is 1.32. The number of carbonyl (C=O) groups is 1. The molecular weight excluding hydrogens is 498 g/mol. The zero-order chi connectivity index (χ0) is 25.4. The number of piperidine rings is 1. The average Bonchev–Trinajstić information content (AvgIpc) is 3.34. The number of hydrogen-bond acceptors (Lipinski definition) is 5. The maximum atomic E-state index is 13.9. The third-order valence-corrected chi connectivity index (χ3v) is 10.6. The molecule has 3 aliphatic heterocycles. The summed E-state index contributed by atoms with van der Waals surface area (Å²) in [6.45, 7) is 8.41. The van der Waals surface area contributed by atoms with Crippen LogP contribution in [0.5, 0.6) is 0 Å². The van der Waals surface area contributed by atoms with Crippen LogP contribution in [-0.4, -0.2) is 96.8 Å². The molecule has 10 heteroatoms. The summed E-state index contributed by atoms with van der Waals surface area (Å²) < 4.78 is 31.3. The van der Waals surface area contributed by atoms with Crippen LogP contribution in [0.3, 0.4) is 0 Å². The van der Waals surface area contributed by atoms with E-state index in [0.29, 0.717) is 24.7 Å². The number of likely N-dealkylation sites (N-methyl/N-ethyl adjacent to an activating group) is 1. The van der Waals surface area contributed by atoms with E-state index in [-0.39, 0.29) is 22.2 Å². The minimum absolute atomic E-state index is 0.0163. The highest BCUT2D eigenvalue weighted by Gasteiger charge is 2.40. The van der Waals surface area contributed by atoms with E-state index in [9.17, 15) is 13.2 Å². The number of nitrogens with zero attached hydrogens (tertiary/aromatic N) is 5. The molecule has 8 nitrogen and oxygen atoms in total. The molecule has 5 rings (SSSR count). The molecule has 0 spiro atoms. The van der Waals surface area contributed by atoms with Crippen molar-refractivity contribution in [2.24, 2.45) is 0 Å². The number of rotatable bonds is 5. The lowest BCUT2D eigenvalue weighted by Gasteiger charge is -2.42. The van der Waals surface area contributed by atoms with E-state index in [0.717, 1.165) is 57.8 Å². The van der Waals surface area contributed by atoms with E-state index in [1.54, 1.807) is 25.1 Å². The number of fused-ring (bicyclic) bond motifs is 1. The van der Waals surface area contributed by atoms with Gasteiger partial charge in [-0.3, -0.25) is 9.69 Å². The minimum atomic E-state index is -3.89. The van der Waals surface area contributed by atoms with Gasteiger partial charge in [0.15, 0.2) is 0 Å². The first-order valence-corrected chi connectivity index (χ1v) is 14.7. The summed E-state index contributed by atoms with van der Waals surface area (Å²) in [5.74, 6) is 0.0163. The number of likely N-dealkylation sites (tertiary alicyclic amines) is 1. The molecule has 1 amide bonds. The Morgan fingerprint density at radius 1 is 0.972 bits per heavy atom. The van der Waals surface area contributed by atoms with Crippen molar-refractivity contribution >= 4 is 27.5 Å². The molecule has 2 fully saturated rings. The van der Waals surface area contributed by atoms with E-state index < -0.39 is 16.1 Å². The van der Waals surface area contributed by atoms with E-state index >= 15 is 0 Å². The fourth-order valence-electron chi connectivity index (χ4n) is 5.96. The second-order valence-corrected chi connectivity index (χ2v) is 12.5. The SMILES string of the molecule is Cc1cccc(Cl)c1S(=O)(=O)N1CCn2cccc2C1CC(=O)N1CCC(N2CCN(C)CC2)CC1. The van der Waals surface area contributed by atoms with Crippen LogP contribution in [-0.2, 0) is 21.4 Å². The van der Waals surface area contributed by atoms with Crippen LogP contribution in [0.4, 0.5) is 0 Å². The minimum Gasteiger partial charge on any atom is -0.349 e. The molecule has 0 saturated carbocycles. The van der Waals surface area contributed by atoms with Gasteiger partial charge in [-0.1, -0.05) is 23.7 Å². The van der Waals surface area contributed by atoms with Gasteiger partial charge in [0.2, 0.25) is 15.9 Å². The lowest BCUT2D eigenvalue weighted by atomic mass is 10.0. The van der Waals surface area contributed by atoms with E-state index in [2.05, 4.69) is 21.4 Å². The number of halogens is 1. The number of benzene rings is 1. The lowest BCUT2D eigenvalue weighted by molar-refractivity contribution is -0.134. The van der Waals surface area contributed by atoms with Gasteiger partial charge < -0.3 is 14.4 Å². The van der Waals surface area contributed by atoms with Crippen LogP contribution in [0.15, 0.2) is 41.4 Å². The van der Waals surface area contributed by atoms with Gasteiger partial charge in [-0.15, -0.1) is 0 Å².